The fraction of sp³-hybridized carbons (Fsp3) is 0.562. The van der Waals surface area contributed by atoms with E-state index in [0.29, 0.717) is 49.9 Å². The third-order valence-corrected chi connectivity index (χ3v) is 7.04. The monoisotopic (exact) mass is 383 g/mol. The van der Waals surface area contributed by atoms with Crippen molar-refractivity contribution in [1.82, 2.24) is 13.5 Å². The molecule has 0 aromatic heterocycles. The molecule has 0 N–H and O–H groups in total. The minimum Gasteiger partial charge on any atom is -0.368 e. The van der Waals surface area contributed by atoms with Crippen molar-refractivity contribution >= 4 is 27.5 Å². The van der Waals surface area contributed by atoms with E-state index in [4.69, 9.17) is 11.6 Å². The molecule has 1 aromatic carbocycles. The Labute approximate surface area is 154 Å². The van der Waals surface area contributed by atoms with Crippen LogP contribution in [-0.2, 0) is 10.2 Å². The van der Waals surface area contributed by atoms with Gasteiger partial charge in [-0.1, -0.05) is 11.6 Å². The van der Waals surface area contributed by atoms with E-state index in [0.717, 1.165) is 18.8 Å². The molecule has 3 rings (SSSR count). The van der Waals surface area contributed by atoms with Crippen molar-refractivity contribution in [2.45, 2.75) is 0 Å². The molecular weight excluding hydrogens is 362 g/mol. The Morgan fingerprint density at radius 2 is 1.56 bits per heavy atom. The molecule has 0 atom stereocenters. The molecule has 136 valence electrons. The fourth-order valence-corrected chi connectivity index (χ4v) is 4.96. The van der Waals surface area contributed by atoms with Gasteiger partial charge in [0.05, 0.1) is 11.3 Å². The van der Waals surface area contributed by atoms with E-state index in [1.165, 1.54) is 0 Å². The molecule has 0 saturated carbocycles. The summed E-state index contributed by atoms with van der Waals surface area (Å²) >= 11 is 5.95. The van der Waals surface area contributed by atoms with Gasteiger partial charge in [0.25, 0.3) is 10.2 Å². The van der Waals surface area contributed by atoms with E-state index in [9.17, 15) is 13.7 Å². The van der Waals surface area contributed by atoms with Crippen molar-refractivity contribution in [1.29, 1.82) is 5.26 Å². The Morgan fingerprint density at radius 1 is 1.00 bits per heavy atom. The molecule has 0 spiro atoms. The molecule has 0 unspecified atom stereocenters. The van der Waals surface area contributed by atoms with Crippen molar-refractivity contribution in [2.24, 2.45) is 0 Å². The zero-order chi connectivity index (χ0) is 18.0. The van der Waals surface area contributed by atoms with Gasteiger partial charge in [-0.05, 0) is 25.2 Å². The molecule has 1 aromatic rings. The molecule has 0 aliphatic carbocycles. The first-order chi connectivity index (χ1) is 11.9. The lowest BCUT2D eigenvalue weighted by molar-refractivity contribution is 0.210. The molecule has 2 aliphatic rings. The standard InChI is InChI=1S/C16H22ClN5O2S/c1-19-4-8-21(9-5-19)25(23,24)22-10-6-20(7-11-22)16-3-2-15(17)12-14(16)13-18/h2-3,12H,4-11H2,1H3. The van der Waals surface area contributed by atoms with Crippen LogP contribution in [-0.4, -0.2) is 81.3 Å². The Balaban J connectivity index is 1.67. The summed E-state index contributed by atoms with van der Waals surface area (Å²) in [5.41, 5.74) is 1.33. The summed E-state index contributed by atoms with van der Waals surface area (Å²) in [7, 11) is -1.41. The van der Waals surface area contributed by atoms with Crippen LogP contribution in [0, 0.1) is 11.3 Å². The van der Waals surface area contributed by atoms with Crippen LogP contribution in [0.1, 0.15) is 5.56 Å². The van der Waals surface area contributed by atoms with E-state index < -0.39 is 10.2 Å². The quantitative estimate of drug-likeness (QED) is 0.773. The summed E-state index contributed by atoms with van der Waals surface area (Å²) in [4.78, 5) is 4.18. The Hall–Kier alpha value is -1.37. The van der Waals surface area contributed by atoms with Crippen LogP contribution in [0.4, 0.5) is 5.69 Å². The number of nitrogens with zero attached hydrogens (tertiary/aromatic N) is 5. The fourth-order valence-electron chi connectivity index (χ4n) is 3.22. The number of benzene rings is 1. The first-order valence-electron chi connectivity index (χ1n) is 8.30. The van der Waals surface area contributed by atoms with Crippen molar-refractivity contribution in [2.75, 3.05) is 64.3 Å². The summed E-state index contributed by atoms with van der Waals surface area (Å²) in [5, 5.41) is 9.82. The van der Waals surface area contributed by atoms with Crippen LogP contribution >= 0.6 is 11.6 Å². The van der Waals surface area contributed by atoms with Crippen molar-refractivity contribution in [3.05, 3.63) is 28.8 Å². The van der Waals surface area contributed by atoms with Gasteiger partial charge in [-0.25, -0.2) is 0 Å². The van der Waals surface area contributed by atoms with Crippen LogP contribution in [0.5, 0.6) is 0 Å². The van der Waals surface area contributed by atoms with Crippen LogP contribution in [0.2, 0.25) is 5.02 Å². The van der Waals surface area contributed by atoms with Gasteiger partial charge in [-0.3, -0.25) is 0 Å². The normalized spacial score (nSPS) is 21.2. The van der Waals surface area contributed by atoms with Gasteiger partial charge >= 0.3 is 0 Å². The minimum absolute atomic E-state index is 0.419. The maximum Gasteiger partial charge on any atom is 0.282 e. The Kier molecular flexibility index (Phi) is 5.51. The Bertz CT molecular complexity index is 763. The topological polar surface area (TPSA) is 70.9 Å². The number of hydrogen-bond acceptors (Lipinski definition) is 5. The average molecular weight is 384 g/mol. The van der Waals surface area contributed by atoms with Gasteiger partial charge in [0.1, 0.15) is 6.07 Å². The second-order valence-electron chi connectivity index (χ2n) is 6.37. The average Bonchev–Trinajstić information content (AvgIpc) is 2.62. The third-order valence-electron chi connectivity index (χ3n) is 4.77. The Morgan fingerprint density at radius 3 is 2.12 bits per heavy atom. The number of piperazine rings is 2. The third kappa shape index (κ3) is 3.91. The molecule has 7 nitrogen and oxygen atoms in total. The van der Waals surface area contributed by atoms with Crippen molar-refractivity contribution < 1.29 is 8.42 Å². The summed E-state index contributed by atoms with van der Waals surface area (Å²) in [5.74, 6) is 0. The van der Waals surface area contributed by atoms with Gasteiger partial charge in [0.2, 0.25) is 0 Å². The molecule has 9 heteroatoms. The zero-order valence-electron chi connectivity index (χ0n) is 14.2. The first-order valence-corrected chi connectivity index (χ1v) is 10.1. The maximum atomic E-state index is 12.8. The number of anilines is 1. The van der Waals surface area contributed by atoms with Gasteiger partial charge in [-0.2, -0.15) is 22.3 Å². The van der Waals surface area contributed by atoms with E-state index in [2.05, 4.69) is 11.0 Å². The molecule has 25 heavy (non-hydrogen) atoms. The molecule has 2 aliphatic heterocycles. The second-order valence-corrected chi connectivity index (χ2v) is 8.73. The highest BCUT2D eigenvalue weighted by Crippen LogP contribution is 2.25. The van der Waals surface area contributed by atoms with E-state index in [1.54, 1.807) is 20.7 Å². The predicted octanol–water partition coefficient (Wildman–Crippen LogP) is 0.826. The molecule has 0 amide bonds. The molecule has 0 bridgehead atoms. The summed E-state index contributed by atoms with van der Waals surface area (Å²) < 4.78 is 28.7. The predicted molar refractivity (Wildman–Crippen MR) is 97.9 cm³/mol. The van der Waals surface area contributed by atoms with Gasteiger partial charge in [-0.15, -0.1) is 0 Å². The highest BCUT2D eigenvalue weighted by Gasteiger charge is 2.34. The zero-order valence-corrected chi connectivity index (χ0v) is 15.8. The largest absolute Gasteiger partial charge is 0.368 e. The molecule has 2 saturated heterocycles. The number of halogens is 1. The maximum absolute atomic E-state index is 12.8. The molecule has 0 radical (unpaired) electrons. The van der Waals surface area contributed by atoms with E-state index in [1.807, 2.05) is 18.0 Å². The van der Waals surface area contributed by atoms with Crippen LogP contribution in [0.15, 0.2) is 18.2 Å². The van der Waals surface area contributed by atoms with Crippen LogP contribution < -0.4 is 4.90 Å². The van der Waals surface area contributed by atoms with Crippen molar-refractivity contribution in [3.63, 3.8) is 0 Å². The lowest BCUT2D eigenvalue weighted by atomic mass is 10.1. The molecule has 2 fully saturated rings. The van der Waals surface area contributed by atoms with E-state index in [-0.39, 0.29) is 0 Å². The first kappa shape index (κ1) is 18.4. The van der Waals surface area contributed by atoms with Gasteiger partial charge in [0.15, 0.2) is 0 Å². The van der Waals surface area contributed by atoms with Crippen LogP contribution in [0.25, 0.3) is 0 Å². The SMILES string of the molecule is CN1CCN(S(=O)(=O)N2CCN(c3ccc(Cl)cc3C#N)CC2)CC1. The van der Waals surface area contributed by atoms with Gasteiger partial charge < -0.3 is 9.80 Å². The summed E-state index contributed by atoms with van der Waals surface area (Å²) in [6, 6.07) is 7.38. The summed E-state index contributed by atoms with van der Waals surface area (Å²) in [6.45, 7) is 4.55. The molecule has 2 heterocycles. The van der Waals surface area contributed by atoms with Crippen molar-refractivity contribution in [3.8, 4) is 6.07 Å². The number of likely N-dealkylation sites (N-methyl/N-ethyl adjacent to an activating group) is 1. The van der Waals surface area contributed by atoms with E-state index >= 15 is 0 Å². The minimum atomic E-state index is -3.41. The second kappa shape index (κ2) is 7.48. The number of hydrogen-bond donors (Lipinski definition) is 0. The number of rotatable bonds is 3. The smallest absolute Gasteiger partial charge is 0.282 e. The highest BCUT2D eigenvalue weighted by atomic mass is 35.5. The molecular formula is C16H22ClN5O2S. The lowest BCUT2D eigenvalue weighted by Crippen LogP contribution is -2.56. The van der Waals surface area contributed by atoms with Gasteiger partial charge in [0, 0.05) is 57.4 Å². The van der Waals surface area contributed by atoms with Crippen LogP contribution in [0.3, 0.4) is 0 Å². The summed E-state index contributed by atoms with van der Waals surface area (Å²) in [6.07, 6.45) is 0. The highest BCUT2D eigenvalue weighted by molar-refractivity contribution is 7.86. The lowest BCUT2D eigenvalue weighted by Gasteiger charge is -2.39. The number of nitriles is 1.